The number of hydrogen-bond donors (Lipinski definition) is 1. The summed E-state index contributed by atoms with van der Waals surface area (Å²) in [6.45, 7) is 3.89. The maximum atomic E-state index is 12.9. The first-order valence-electron chi connectivity index (χ1n) is 8.89. The second-order valence-electron chi connectivity index (χ2n) is 6.59. The van der Waals surface area contributed by atoms with Gasteiger partial charge in [0.05, 0.1) is 10.9 Å². The number of aryl methyl sites for hydroxylation is 1. The Labute approximate surface area is 166 Å². The van der Waals surface area contributed by atoms with Gasteiger partial charge in [0.1, 0.15) is 5.75 Å². The van der Waals surface area contributed by atoms with E-state index in [1.54, 1.807) is 24.4 Å². The highest BCUT2D eigenvalue weighted by Gasteiger charge is 2.22. The predicted molar refractivity (Wildman–Crippen MR) is 109 cm³/mol. The molecular weight excluding hydrogens is 374 g/mol. The molecule has 1 amide bonds. The largest absolute Gasteiger partial charge is 0.482 e. The van der Waals surface area contributed by atoms with Gasteiger partial charge in [-0.25, -0.2) is 4.98 Å². The molecule has 28 heavy (non-hydrogen) atoms. The zero-order valence-corrected chi connectivity index (χ0v) is 16.3. The van der Waals surface area contributed by atoms with Crippen LogP contribution in [-0.4, -0.2) is 33.1 Å². The zero-order chi connectivity index (χ0) is 19.7. The molecule has 7 heteroatoms. The summed E-state index contributed by atoms with van der Waals surface area (Å²) < 4.78 is 7.32. The molecule has 6 nitrogen and oxygen atoms in total. The molecule has 0 saturated heterocycles. The molecule has 0 unspecified atom stereocenters. The first-order valence-corrected chi connectivity index (χ1v) is 9.77. The molecular formula is C21H19N3O3S. The number of amides is 1. The van der Waals surface area contributed by atoms with Gasteiger partial charge in [0.2, 0.25) is 0 Å². The highest BCUT2D eigenvalue weighted by Crippen LogP contribution is 2.31. The summed E-state index contributed by atoms with van der Waals surface area (Å²) in [6.07, 6.45) is 3.62. The third-order valence-corrected chi connectivity index (χ3v) is 5.52. The number of hydrogen-bond acceptors (Lipinski definition) is 5. The molecule has 0 radical (unpaired) electrons. The third-order valence-electron chi connectivity index (χ3n) is 4.43. The number of carbonyl (C=O) groups excluding carboxylic acids is 2. The summed E-state index contributed by atoms with van der Waals surface area (Å²) in [5.41, 5.74) is 3.22. The summed E-state index contributed by atoms with van der Waals surface area (Å²) in [4.78, 5) is 28.9. The molecule has 1 atom stereocenters. The number of fused-ring (bicyclic) bond motifs is 1. The summed E-state index contributed by atoms with van der Waals surface area (Å²) in [5.74, 6) is 0.317. The Bertz CT molecular complexity index is 1060. The zero-order valence-electron chi connectivity index (χ0n) is 15.5. The SMILES string of the molecule is Cc1cccc(-n2ccnc2S[C@@H](C)C(=O)c2ccc3c(c2)NC(=O)CO3)c1. The van der Waals surface area contributed by atoms with Crippen LogP contribution in [0.1, 0.15) is 22.8 Å². The van der Waals surface area contributed by atoms with Crippen LogP contribution in [0.4, 0.5) is 5.69 Å². The maximum absolute atomic E-state index is 12.9. The minimum absolute atomic E-state index is 0.00579. The van der Waals surface area contributed by atoms with Gasteiger partial charge in [0, 0.05) is 23.6 Å². The minimum Gasteiger partial charge on any atom is -0.482 e. The molecule has 2 heterocycles. The standard InChI is InChI=1S/C21H19N3O3S/c1-13-4-3-5-16(10-13)24-9-8-22-21(24)28-14(2)20(26)15-6-7-18-17(11-15)23-19(25)12-27-18/h3-11,14H,12H2,1-2H3,(H,23,25)/t14-/m0/s1. The molecule has 1 N–H and O–H groups in total. The number of thioether (sulfide) groups is 1. The Hall–Kier alpha value is -3.06. The van der Waals surface area contributed by atoms with E-state index in [1.165, 1.54) is 11.8 Å². The van der Waals surface area contributed by atoms with E-state index in [2.05, 4.69) is 16.4 Å². The Balaban J connectivity index is 1.54. The quantitative estimate of drug-likeness (QED) is 0.526. The second-order valence-corrected chi connectivity index (χ2v) is 7.90. The van der Waals surface area contributed by atoms with Crippen molar-refractivity contribution in [1.29, 1.82) is 0 Å². The van der Waals surface area contributed by atoms with Crippen molar-refractivity contribution in [3.63, 3.8) is 0 Å². The van der Waals surface area contributed by atoms with Crippen molar-refractivity contribution in [1.82, 2.24) is 9.55 Å². The van der Waals surface area contributed by atoms with Crippen LogP contribution in [-0.2, 0) is 4.79 Å². The van der Waals surface area contributed by atoms with Gasteiger partial charge < -0.3 is 10.1 Å². The van der Waals surface area contributed by atoms with Gasteiger partial charge in [-0.2, -0.15) is 0 Å². The van der Waals surface area contributed by atoms with E-state index in [9.17, 15) is 9.59 Å². The van der Waals surface area contributed by atoms with E-state index in [0.29, 0.717) is 17.0 Å². The van der Waals surface area contributed by atoms with Crippen molar-refractivity contribution < 1.29 is 14.3 Å². The number of anilines is 1. The number of Topliss-reactive ketones (excluding diaryl/α,β-unsaturated/α-hetero) is 1. The summed E-state index contributed by atoms with van der Waals surface area (Å²) in [6, 6.07) is 13.2. The van der Waals surface area contributed by atoms with Crippen molar-refractivity contribution in [2.45, 2.75) is 24.3 Å². The smallest absolute Gasteiger partial charge is 0.262 e. The molecule has 3 aromatic rings. The topological polar surface area (TPSA) is 73.2 Å². The Morgan fingerprint density at radius 1 is 1.29 bits per heavy atom. The van der Waals surface area contributed by atoms with Gasteiger partial charge in [-0.05, 0) is 49.7 Å². The van der Waals surface area contributed by atoms with Crippen LogP contribution in [0.5, 0.6) is 5.75 Å². The average Bonchev–Trinajstić information content (AvgIpc) is 3.15. The van der Waals surface area contributed by atoms with E-state index >= 15 is 0 Å². The monoisotopic (exact) mass is 393 g/mol. The maximum Gasteiger partial charge on any atom is 0.262 e. The van der Waals surface area contributed by atoms with Crippen molar-refractivity contribution in [2.75, 3.05) is 11.9 Å². The average molecular weight is 393 g/mol. The summed E-state index contributed by atoms with van der Waals surface area (Å²) in [7, 11) is 0. The molecule has 142 valence electrons. The van der Waals surface area contributed by atoms with Gasteiger partial charge in [-0.3, -0.25) is 14.2 Å². The fraction of sp³-hybridized carbons (Fsp3) is 0.190. The molecule has 1 aliphatic heterocycles. The second kappa shape index (κ2) is 7.52. The number of carbonyl (C=O) groups is 2. The number of aromatic nitrogens is 2. The summed E-state index contributed by atoms with van der Waals surface area (Å²) in [5, 5.41) is 3.14. The number of benzene rings is 2. The van der Waals surface area contributed by atoms with Gasteiger partial charge in [-0.15, -0.1) is 0 Å². The van der Waals surface area contributed by atoms with Crippen LogP contribution in [0.2, 0.25) is 0 Å². The Kier molecular flexibility index (Phi) is 4.92. The van der Waals surface area contributed by atoms with Crippen molar-refractivity contribution in [3.8, 4) is 11.4 Å². The number of rotatable bonds is 5. The van der Waals surface area contributed by atoms with E-state index in [0.717, 1.165) is 16.4 Å². The molecule has 0 aliphatic carbocycles. The minimum atomic E-state index is -0.343. The lowest BCUT2D eigenvalue weighted by Gasteiger charge is -2.19. The van der Waals surface area contributed by atoms with E-state index in [-0.39, 0.29) is 23.5 Å². The number of ketones is 1. The lowest BCUT2D eigenvalue weighted by molar-refractivity contribution is -0.118. The molecule has 0 spiro atoms. The Morgan fingerprint density at radius 3 is 2.96 bits per heavy atom. The van der Waals surface area contributed by atoms with Gasteiger partial charge >= 0.3 is 0 Å². The number of imidazole rings is 1. The first kappa shape index (κ1) is 18.3. The highest BCUT2D eigenvalue weighted by molar-refractivity contribution is 8.00. The molecule has 0 saturated carbocycles. The van der Waals surface area contributed by atoms with Gasteiger partial charge in [0.15, 0.2) is 17.5 Å². The number of nitrogens with one attached hydrogen (secondary N) is 1. The highest BCUT2D eigenvalue weighted by atomic mass is 32.2. The molecule has 0 bridgehead atoms. The Morgan fingerprint density at radius 2 is 2.14 bits per heavy atom. The van der Waals surface area contributed by atoms with Crippen molar-refractivity contribution >= 4 is 29.1 Å². The van der Waals surface area contributed by atoms with E-state index in [4.69, 9.17) is 4.74 Å². The lowest BCUT2D eigenvalue weighted by atomic mass is 10.1. The van der Waals surface area contributed by atoms with Crippen LogP contribution in [0.25, 0.3) is 5.69 Å². The molecule has 1 aromatic heterocycles. The molecule has 1 aliphatic rings. The normalized spacial score (nSPS) is 14.0. The molecule has 4 rings (SSSR count). The van der Waals surface area contributed by atoms with Crippen LogP contribution in [0.15, 0.2) is 60.0 Å². The van der Waals surface area contributed by atoms with Crippen LogP contribution < -0.4 is 10.1 Å². The van der Waals surface area contributed by atoms with Crippen molar-refractivity contribution in [2.24, 2.45) is 0 Å². The number of ether oxygens (including phenoxy) is 1. The lowest BCUT2D eigenvalue weighted by Crippen LogP contribution is -2.25. The molecule has 2 aromatic carbocycles. The first-order chi connectivity index (χ1) is 13.5. The fourth-order valence-corrected chi connectivity index (χ4v) is 3.99. The van der Waals surface area contributed by atoms with E-state index < -0.39 is 0 Å². The van der Waals surface area contributed by atoms with E-state index in [1.807, 2.05) is 42.8 Å². The molecule has 0 fully saturated rings. The summed E-state index contributed by atoms with van der Waals surface area (Å²) >= 11 is 1.40. The van der Waals surface area contributed by atoms with Crippen LogP contribution in [0.3, 0.4) is 0 Å². The third kappa shape index (κ3) is 3.66. The van der Waals surface area contributed by atoms with Gasteiger partial charge in [0.25, 0.3) is 5.91 Å². The predicted octanol–water partition coefficient (Wildman–Crippen LogP) is 3.88. The van der Waals surface area contributed by atoms with Gasteiger partial charge in [-0.1, -0.05) is 23.9 Å². The van der Waals surface area contributed by atoms with Crippen LogP contribution in [0, 0.1) is 6.92 Å². The number of nitrogens with zero attached hydrogens (tertiary/aromatic N) is 2. The van der Waals surface area contributed by atoms with Crippen molar-refractivity contribution in [3.05, 3.63) is 66.0 Å². The fourth-order valence-electron chi connectivity index (χ4n) is 3.03. The van der Waals surface area contributed by atoms with Crippen LogP contribution >= 0.6 is 11.8 Å².